The lowest BCUT2D eigenvalue weighted by atomic mass is 9.81. The second-order valence-corrected chi connectivity index (χ2v) is 7.16. The van der Waals surface area contributed by atoms with Crippen molar-refractivity contribution >= 4 is 0 Å². The molecule has 2 unspecified atom stereocenters. The van der Waals surface area contributed by atoms with Gasteiger partial charge in [0, 0.05) is 12.1 Å². The lowest BCUT2D eigenvalue weighted by Gasteiger charge is -2.33. The molecule has 112 valence electrons. The lowest BCUT2D eigenvalue weighted by Crippen LogP contribution is -2.36. The highest BCUT2D eigenvalue weighted by Crippen LogP contribution is 2.30. The van der Waals surface area contributed by atoms with Gasteiger partial charge in [-0.2, -0.15) is 0 Å². The van der Waals surface area contributed by atoms with Gasteiger partial charge in [0.25, 0.3) is 0 Å². The van der Waals surface area contributed by atoms with E-state index in [1.165, 1.54) is 43.2 Å². The van der Waals surface area contributed by atoms with Crippen molar-refractivity contribution in [2.24, 2.45) is 11.8 Å². The van der Waals surface area contributed by atoms with Gasteiger partial charge in [0.2, 0.25) is 0 Å². The van der Waals surface area contributed by atoms with Crippen LogP contribution in [0.5, 0.6) is 0 Å². The van der Waals surface area contributed by atoms with E-state index in [2.05, 4.69) is 57.3 Å². The first-order valence-corrected chi connectivity index (χ1v) is 8.37. The summed E-state index contributed by atoms with van der Waals surface area (Å²) in [5.74, 6) is 1.78. The zero-order valence-corrected chi connectivity index (χ0v) is 13.7. The highest BCUT2D eigenvalue weighted by Gasteiger charge is 2.23. The van der Waals surface area contributed by atoms with Gasteiger partial charge in [-0.3, -0.25) is 0 Å². The van der Waals surface area contributed by atoms with Gasteiger partial charge in [0.1, 0.15) is 0 Å². The summed E-state index contributed by atoms with van der Waals surface area (Å²) in [5.41, 5.74) is 2.79. The Balaban J connectivity index is 1.89. The van der Waals surface area contributed by atoms with Crippen LogP contribution in [0.3, 0.4) is 0 Å². The summed E-state index contributed by atoms with van der Waals surface area (Å²) in [6, 6.07) is 10.1. The predicted molar refractivity (Wildman–Crippen MR) is 87.9 cm³/mol. The lowest BCUT2D eigenvalue weighted by molar-refractivity contribution is 0.242. The molecule has 20 heavy (non-hydrogen) atoms. The Morgan fingerprint density at radius 2 is 2.00 bits per heavy atom. The van der Waals surface area contributed by atoms with Gasteiger partial charge in [-0.05, 0) is 50.5 Å². The molecule has 1 saturated carbocycles. The van der Waals surface area contributed by atoms with Gasteiger partial charge < -0.3 is 5.32 Å². The fourth-order valence-electron chi connectivity index (χ4n) is 3.71. The normalized spacial score (nSPS) is 24.9. The topological polar surface area (TPSA) is 12.0 Å². The Kier molecular flexibility index (Phi) is 5.65. The summed E-state index contributed by atoms with van der Waals surface area (Å²) in [4.78, 5) is 0. The van der Waals surface area contributed by atoms with Crippen molar-refractivity contribution in [2.45, 2.75) is 71.9 Å². The first kappa shape index (κ1) is 15.6. The molecule has 0 heterocycles. The minimum Gasteiger partial charge on any atom is -0.307 e. The smallest absolute Gasteiger partial charge is 0.0294 e. The molecule has 3 atom stereocenters. The fourth-order valence-corrected chi connectivity index (χ4v) is 3.71. The minimum atomic E-state index is 0.470. The maximum absolute atomic E-state index is 3.87. The average Bonchev–Trinajstić information content (AvgIpc) is 2.38. The van der Waals surface area contributed by atoms with Gasteiger partial charge in [-0.25, -0.2) is 0 Å². The van der Waals surface area contributed by atoms with Crippen molar-refractivity contribution in [3.63, 3.8) is 0 Å². The number of hydrogen-bond donors (Lipinski definition) is 1. The number of aryl methyl sites for hydroxylation is 1. The van der Waals surface area contributed by atoms with Crippen molar-refractivity contribution < 1.29 is 0 Å². The summed E-state index contributed by atoms with van der Waals surface area (Å²) in [7, 11) is 0. The molecule has 0 saturated heterocycles. The van der Waals surface area contributed by atoms with Gasteiger partial charge in [0.15, 0.2) is 0 Å². The van der Waals surface area contributed by atoms with Gasteiger partial charge >= 0.3 is 0 Å². The summed E-state index contributed by atoms with van der Waals surface area (Å²) in [6.45, 7) is 9.19. The Morgan fingerprint density at radius 3 is 2.70 bits per heavy atom. The zero-order chi connectivity index (χ0) is 14.5. The third-order valence-electron chi connectivity index (χ3n) is 4.62. The zero-order valence-electron chi connectivity index (χ0n) is 13.7. The molecule has 1 N–H and O–H groups in total. The van der Waals surface area contributed by atoms with Crippen LogP contribution in [0.15, 0.2) is 24.3 Å². The molecule has 1 aliphatic carbocycles. The second kappa shape index (κ2) is 7.26. The molecule has 0 bridgehead atoms. The summed E-state index contributed by atoms with van der Waals surface area (Å²) in [5, 5.41) is 3.87. The quantitative estimate of drug-likeness (QED) is 0.772. The fraction of sp³-hybridized carbons (Fsp3) is 0.684. The summed E-state index contributed by atoms with van der Waals surface area (Å²) in [6.07, 6.45) is 6.96. The van der Waals surface area contributed by atoms with E-state index < -0.39 is 0 Å². The van der Waals surface area contributed by atoms with Gasteiger partial charge in [-0.15, -0.1) is 0 Å². The van der Waals surface area contributed by atoms with E-state index in [-0.39, 0.29) is 0 Å². The molecule has 1 fully saturated rings. The van der Waals surface area contributed by atoms with Crippen LogP contribution in [0.1, 0.15) is 70.0 Å². The number of benzene rings is 1. The first-order valence-electron chi connectivity index (χ1n) is 8.37. The van der Waals surface area contributed by atoms with Crippen LogP contribution in [0, 0.1) is 18.8 Å². The molecular weight excluding hydrogens is 242 g/mol. The Hall–Kier alpha value is -0.820. The molecule has 1 heteroatoms. The van der Waals surface area contributed by atoms with Crippen LogP contribution in [-0.2, 0) is 0 Å². The summed E-state index contributed by atoms with van der Waals surface area (Å²) >= 11 is 0. The van der Waals surface area contributed by atoms with Crippen LogP contribution in [0.25, 0.3) is 0 Å². The highest BCUT2D eigenvalue weighted by molar-refractivity contribution is 5.24. The van der Waals surface area contributed by atoms with E-state index >= 15 is 0 Å². The van der Waals surface area contributed by atoms with Crippen LogP contribution in [0.4, 0.5) is 0 Å². The van der Waals surface area contributed by atoms with E-state index in [4.69, 9.17) is 0 Å². The molecule has 1 nitrogen and oxygen atoms in total. The van der Waals surface area contributed by atoms with E-state index in [1.807, 2.05) is 0 Å². The molecule has 1 aliphatic rings. The maximum atomic E-state index is 3.87. The highest BCUT2D eigenvalue weighted by atomic mass is 14.9. The van der Waals surface area contributed by atoms with Gasteiger partial charge in [-0.1, -0.05) is 56.5 Å². The molecule has 2 rings (SSSR count). The average molecular weight is 273 g/mol. The monoisotopic (exact) mass is 273 g/mol. The van der Waals surface area contributed by atoms with Crippen LogP contribution < -0.4 is 5.32 Å². The molecule has 0 spiro atoms. The molecule has 1 aromatic carbocycles. The molecular formula is C19H31N. The molecule has 0 amide bonds. The predicted octanol–water partition coefficient (Wildman–Crippen LogP) is 5.25. The van der Waals surface area contributed by atoms with Crippen molar-refractivity contribution in [2.75, 3.05) is 0 Å². The maximum Gasteiger partial charge on any atom is 0.0294 e. The van der Waals surface area contributed by atoms with Crippen LogP contribution in [0.2, 0.25) is 0 Å². The molecule has 1 aromatic rings. The summed E-state index contributed by atoms with van der Waals surface area (Å²) < 4.78 is 0. The van der Waals surface area contributed by atoms with E-state index in [0.717, 1.165) is 11.8 Å². The minimum absolute atomic E-state index is 0.470. The van der Waals surface area contributed by atoms with E-state index in [1.54, 1.807) is 0 Å². The molecule has 0 radical (unpaired) electrons. The number of rotatable bonds is 5. The SMILES string of the molecule is Cc1cccc([C@@H](C)NC2CCCC(CC(C)C)C2)c1. The van der Waals surface area contributed by atoms with Crippen molar-refractivity contribution in [3.05, 3.63) is 35.4 Å². The number of hydrogen-bond acceptors (Lipinski definition) is 1. The van der Waals surface area contributed by atoms with E-state index in [9.17, 15) is 0 Å². The van der Waals surface area contributed by atoms with Crippen molar-refractivity contribution in [3.8, 4) is 0 Å². The number of nitrogens with one attached hydrogen (secondary N) is 1. The molecule has 0 aromatic heterocycles. The first-order chi connectivity index (χ1) is 9.54. The molecule has 0 aliphatic heterocycles. The second-order valence-electron chi connectivity index (χ2n) is 7.16. The van der Waals surface area contributed by atoms with Crippen LogP contribution in [-0.4, -0.2) is 6.04 Å². The standard InChI is InChI=1S/C19H31N/c1-14(2)11-17-8-6-10-19(13-17)20-16(4)18-9-5-7-15(3)12-18/h5,7,9,12,14,16-17,19-20H,6,8,10-11,13H2,1-4H3/t16-,17?,19?/m1/s1. The van der Waals surface area contributed by atoms with Crippen molar-refractivity contribution in [1.82, 2.24) is 5.32 Å². The third-order valence-corrected chi connectivity index (χ3v) is 4.62. The van der Waals surface area contributed by atoms with Gasteiger partial charge in [0.05, 0.1) is 0 Å². The Labute approximate surface area is 125 Å². The van der Waals surface area contributed by atoms with Crippen LogP contribution >= 0.6 is 0 Å². The third kappa shape index (κ3) is 4.63. The van der Waals surface area contributed by atoms with Crippen molar-refractivity contribution in [1.29, 1.82) is 0 Å². The largest absolute Gasteiger partial charge is 0.307 e. The Bertz CT molecular complexity index is 410. The Morgan fingerprint density at radius 1 is 1.20 bits per heavy atom. The van der Waals surface area contributed by atoms with E-state index in [0.29, 0.717) is 12.1 Å².